The highest BCUT2D eigenvalue weighted by atomic mass is 16.4. The maximum atomic E-state index is 10.9. The van der Waals surface area contributed by atoms with E-state index in [2.05, 4.69) is 15.3 Å². The molecule has 1 aromatic rings. The number of hydrogen-bond donors (Lipinski definition) is 4. The summed E-state index contributed by atoms with van der Waals surface area (Å²) in [5, 5.41) is 30.3. The third-order valence-electron chi connectivity index (χ3n) is 2.73. The van der Waals surface area contributed by atoms with Gasteiger partial charge >= 0.3 is 5.97 Å². The predicted octanol–water partition coefficient (Wildman–Crippen LogP) is 0.0285. The van der Waals surface area contributed by atoms with Gasteiger partial charge < -0.3 is 20.6 Å². The molecule has 1 rings (SSSR count). The minimum Gasteiger partial charge on any atom is -0.477 e. The second-order valence-electron chi connectivity index (χ2n) is 4.10. The third-order valence-corrected chi connectivity index (χ3v) is 2.73. The Morgan fingerprint density at radius 1 is 1.39 bits per heavy atom. The Morgan fingerprint density at radius 3 is 2.44 bits per heavy atom. The molecule has 0 fully saturated rings. The normalized spacial score (nSPS) is 11.3. The van der Waals surface area contributed by atoms with E-state index in [1.807, 2.05) is 0 Å². The molecule has 0 aliphatic rings. The van der Waals surface area contributed by atoms with Crippen LogP contribution in [0.4, 0.5) is 5.95 Å². The van der Waals surface area contributed by atoms with Crippen LogP contribution in [0, 0.1) is 6.92 Å². The summed E-state index contributed by atoms with van der Waals surface area (Å²) in [5.74, 6) is -1.07. The van der Waals surface area contributed by atoms with Crippen LogP contribution in [0.25, 0.3) is 0 Å². The average Bonchev–Trinajstić information content (AvgIpc) is 2.35. The van der Waals surface area contributed by atoms with E-state index in [4.69, 9.17) is 5.11 Å². The lowest BCUT2D eigenvalue weighted by molar-refractivity contribution is 0.0690. The molecule has 0 bridgehead atoms. The number of aromatic nitrogens is 2. The highest BCUT2D eigenvalue weighted by molar-refractivity contribution is 5.85. The molecular formula is C11H17N3O4. The van der Waals surface area contributed by atoms with Crippen LogP contribution in [0.15, 0.2) is 6.07 Å². The third kappa shape index (κ3) is 3.14. The van der Waals surface area contributed by atoms with Gasteiger partial charge in [0, 0.05) is 5.69 Å². The van der Waals surface area contributed by atoms with Gasteiger partial charge in [0.2, 0.25) is 5.95 Å². The summed E-state index contributed by atoms with van der Waals surface area (Å²) in [6.45, 7) is 2.82. The first-order chi connectivity index (χ1) is 8.46. The van der Waals surface area contributed by atoms with Crippen molar-refractivity contribution >= 4 is 11.9 Å². The molecule has 7 heteroatoms. The molecule has 0 amide bonds. The van der Waals surface area contributed by atoms with E-state index < -0.39 is 11.5 Å². The van der Waals surface area contributed by atoms with Crippen LogP contribution in [0.3, 0.4) is 0 Å². The Balaban J connectivity index is 3.06. The smallest absolute Gasteiger partial charge is 0.354 e. The Hall–Kier alpha value is -1.73. The fourth-order valence-electron chi connectivity index (χ4n) is 1.41. The number of carbonyl (C=O) groups is 1. The lowest BCUT2D eigenvalue weighted by atomic mass is 9.99. The van der Waals surface area contributed by atoms with Gasteiger partial charge in [-0.25, -0.2) is 14.8 Å². The van der Waals surface area contributed by atoms with Gasteiger partial charge in [0.25, 0.3) is 0 Å². The van der Waals surface area contributed by atoms with Crippen LogP contribution in [-0.4, -0.2) is 50.0 Å². The number of rotatable bonds is 6. The second-order valence-corrected chi connectivity index (χ2v) is 4.10. The van der Waals surface area contributed by atoms with Gasteiger partial charge in [-0.1, -0.05) is 6.92 Å². The molecule has 100 valence electrons. The van der Waals surface area contributed by atoms with Crippen molar-refractivity contribution in [1.82, 2.24) is 9.97 Å². The van der Waals surface area contributed by atoms with Crippen molar-refractivity contribution in [2.45, 2.75) is 25.8 Å². The molecule has 4 N–H and O–H groups in total. The van der Waals surface area contributed by atoms with Crippen molar-refractivity contribution in [3.8, 4) is 0 Å². The quantitative estimate of drug-likeness (QED) is 0.566. The largest absolute Gasteiger partial charge is 0.477 e. The Morgan fingerprint density at radius 2 is 2.00 bits per heavy atom. The number of aliphatic hydroxyl groups excluding tert-OH is 2. The van der Waals surface area contributed by atoms with Crippen molar-refractivity contribution in [2.24, 2.45) is 0 Å². The van der Waals surface area contributed by atoms with Gasteiger partial charge in [-0.15, -0.1) is 0 Å². The maximum absolute atomic E-state index is 10.9. The zero-order valence-electron chi connectivity index (χ0n) is 10.3. The number of nitrogens with one attached hydrogen (secondary N) is 1. The number of anilines is 1. The minimum absolute atomic E-state index is 0.0809. The number of aliphatic hydroxyl groups is 2. The van der Waals surface area contributed by atoms with Gasteiger partial charge in [-0.3, -0.25) is 0 Å². The van der Waals surface area contributed by atoms with Gasteiger partial charge in [-0.05, 0) is 19.4 Å². The Kier molecular flexibility index (Phi) is 4.57. The molecule has 0 unspecified atom stereocenters. The highest BCUT2D eigenvalue weighted by Crippen LogP contribution is 2.16. The molecule has 0 aliphatic heterocycles. The molecule has 0 saturated heterocycles. The summed E-state index contributed by atoms with van der Waals surface area (Å²) in [6, 6.07) is 1.35. The number of carboxylic acids is 1. The lowest BCUT2D eigenvalue weighted by Gasteiger charge is -2.29. The summed E-state index contributed by atoms with van der Waals surface area (Å²) < 4.78 is 0. The van der Waals surface area contributed by atoms with Gasteiger partial charge in [0.15, 0.2) is 5.69 Å². The molecule has 0 spiro atoms. The number of nitrogens with zero attached hydrogens (tertiary/aromatic N) is 2. The summed E-state index contributed by atoms with van der Waals surface area (Å²) in [4.78, 5) is 18.7. The molecule has 18 heavy (non-hydrogen) atoms. The molecule has 0 saturated carbocycles. The molecule has 7 nitrogen and oxygen atoms in total. The van der Waals surface area contributed by atoms with Gasteiger partial charge in [0.1, 0.15) is 0 Å². The van der Waals surface area contributed by atoms with E-state index in [0.717, 1.165) is 0 Å². The monoisotopic (exact) mass is 255 g/mol. The number of aryl methyl sites for hydroxylation is 1. The fourth-order valence-corrected chi connectivity index (χ4v) is 1.41. The van der Waals surface area contributed by atoms with Crippen molar-refractivity contribution in [2.75, 3.05) is 18.5 Å². The summed E-state index contributed by atoms with van der Waals surface area (Å²) in [5.41, 5.74) is -0.597. The number of aromatic carboxylic acids is 1. The summed E-state index contributed by atoms with van der Waals surface area (Å²) in [6.07, 6.45) is 0.444. The van der Waals surface area contributed by atoms with Crippen LogP contribution in [0.1, 0.15) is 29.5 Å². The SMILES string of the molecule is CCC(CO)(CO)Nc1nc(C)cc(C(=O)O)n1. The molecule has 0 radical (unpaired) electrons. The number of carboxylic acid groups (broad SMARTS) is 1. The van der Waals surface area contributed by atoms with E-state index in [-0.39, 0.29) is 24.9 Å². The van der Waals surface area contributed by atoms with Crippen molar-refractivity contribution < 1.29 is 20.1 Å². The zero-order chi connectivity index (χ0) is 13.8. The Bertz CT molecular complexity index is 424. The van der Waals surface area contributed by atoms with E-state index >= 15 is 0 Å². The fraction of sp³-hybridized carbons (Fsp3) is 0.545. The molecule has 0 atom stereocenters. The van der Waals surface area contributed by atoms with Crippen LogP contribution in [0.5, 0.6) is 0 Å². The van der Waals surface area contributed by atoms with E-state index in [1.165, 1.54) is 6.07 Å². The molecule has 0 aliphatic carbocycles. The first-order valence-electron chi connectivity index (χ1n) is 5.55. The summed E-state index contributed by atoms with van der Waals surface area (Å²) in [7, 11) is 0. The molecule has 0 aromatic carbocycles. The van der Waals surface area contributed by atoms with Crippen molar-refractivity contribution in [1.29, 1.82) is 0 Å². The maximum Gasteiger partial charge on any atom is 0.354 e. The van der Waals surface area contributed by atoms with Gasteiger partial charge in [0.05, 0.1) is 18.8 Å². The number of hydrogen-bond acceptors (Lipinski definition) is 6. The van der Waals surface area contributed by atoms with Crippen LogP contribution >= 0.6 is 0 Å². The average molecular weight is 255 g/mol. The van der Waals surface area contributed by atoms with Crippen LogP contribution < -0.4 is 5.32 Å². The zero-order valence-corrected chi connectivity index (χ0v) is 10.3. The van der Waals surface area contributed by atoms with E-state index in [0.29, 0.717) is 12.1 Å². The first-order valence-corrected chi connectivity index (χ1v) is 5.55. The van der Waals surface area contributed by atoms with Crippen molar-refractivity contribution in [3.05, 3.63) is 17.5 Å². The van der Waals surface area contributed by atoms with Crippen LogP contribution in [0.2, 0.25) is 0 Å². The van der Waals surface area contributed by atoms with E-state index in [1.54, 1.807) is 13.8 Å². The molecular weight excluding hydrogens is 238 g/mol. The molecule has 1 heterocycles. The summed E-state index contributed by atoms with van der Waals surface area (Å²) >= 11 is 0. The minimum atomic E-state index is -1.15. The lowest BCUT2D eigenvalue weighted by Crippen LogP contribution is -2.45. The Labute approximate surface area is 105 Å². The van der Waals surface area contributed by atoms with Crippen LogP contribution in [-0.2, 0) is 0 Å². The second kappa shape index (κ2) is 5.74. The standard InChI is InChI=1S/C11H17N3O4/c1-3-11(5-15,6-16)14-10-12-7(2)4-8(13-10)9(17)18/h4,15-16H,3,5-6H2,1-2H3,(H,17,18)(H,12,13,14). The molecule has 1 aromatic heterocycles. The van der Waals surface area contributed by atoms with Crippen molar-refractivity contribution in [3.63, 3.8) is 0 Å². The van der Waals surface area contributed by atoms with Gasteiger partial charge in [-0.2, -0.15) is 0 Å². The highest BCUT2D eigenvalue weighted by Gasteiger charge is 2.27. The topological polar surface area (TPSA) is 116 Å². The van der Waals surface area contributed by atoms with E-state index in [9.17, 15) is 15.0 Å². The first kappa shape index (κ1) is 14.3. The predicted molar refractivity (Wildman–Crippen MR) is 64.5 cm³/mol.